The molecule has 1 saturated carbocycles. The molecule has 1 aromatic rings. The van der Waals surface area contributed by atoms with Crippen LogP contribution in [0.2, 0.25) is 25.2 Å². The second-order valence-electron chi connectivity index (χ2n) is 6.96. The van der Waals surface area contributed by atoms with Crippen LogP contribution in [0.5, 0.6) is 0 Å². The van der Waals surface area contributed by atoms with E-state index in [1.165, 1.54) is 5.56 Å². The highest BCUT2D eigenvalue weighted by molar-refractivity contribution is 7.86. The van der Waals surface area contributed by atoms with Crippen molar-refractivity contribution in [1.29, 1.82) is 0 Å². The number of hydrogen-bond donors (Lipinski definition) is 0. The third-order valence-electron chi connectivity index (χ3n) is 4.07. The monoisotopic (exact) mass is 312 g/mol. The lowest BCUT2D eigenvalue weighted by atomic mass is 10.1. The number of aryl methyl sites for hydroxylation is 1. The molecule has 1 fully saturated rings. The Morgan fingerprint density at radius 2 is 1.85 bits per heavy atom. The molecule has 2 atom stereocenters. The van der Waals surface area contributed by atoms with E-state index in [9.17, 15) is 8.42 Å². The molecule has 0 aromatic heterocycles. The molecule has 2 unspecified atom stereocenters. The van der Waals surface area contributed by atoms with Gasteiger partial charge in [0.15, 0.2) is 0 Å². The van der Waals surface area contributed by atoms with E-state index in [1.54, 1.807) is 0 Å². The van der Waals surface area contributed by atoms with Gasteiger partial charge in [-0.25, -0.2) is 0 Å². The second kappa shape index (κ2) is 5.28. The number of hydrogen-bond acceptors (Lipinski definition) is 3. The van der Waals surface area contributed by atoms with Crippen molar-refractivity contribution in [2.45, 2.75) is 50.0 Å². The van der Waals surface area contributed by atoms with Gasteiger partial charge in [-0.1, -0.05) is 50.0 Å². The average molecular weight is 313 g/mol. The van der Waals surface area contributed by atoms with Crippen molar-refractivity contribution in [2.75, 3.05) is 6.26 Å². The van der Waals surface area contributed by atoms with Crippen LogP contribution >= 0.6 is 0 Å². The Balaban J connectivity index is 2.10. The Kier molecular flexibility index (Phi) is 4.15. The molecule has 0 N–H and O–H groups in total. The predicted octanol–water partition coefficient (Wildman–Crippen LogP) is 3.45. The maximum Gasteiger partial charge on any atom is 0.264 e. The summed E-state index contributed by atoms with van der Waals surface area (Å²) in [5, 5.41) is 0. The van der Waals surface area contributed by atoms with Crippen LogP contribution in [0.15, 0.2) is 30.3 Å². The number of benzene rings is 1. The second-order valence-corrected chi connectivity index (χ2v) is 14.0. The maximum absolute atomic E-state index is 11.6. The van der Waals surface area contributed by atoms with E-state index in [4.69, 9.17) is 4.18 Å². The first-order valence-corrected chi connectivity index (χ1v) is 12.5. The first-order chi connectivity index (χ1) is 9.12. The molecule has 0 spiro atoms. The minimum atomic E-state index is -3.39. The lowest BCUT2D eigenvalue weighted by molar-refractivity contribution is 0.178. The maximum atomic E-state index is 11.6. The van der Waals surface area contributed by atoms with Crippen LogP contribution in [-0.2, 0) is 20.7 Å². The topological polar surface area (TPSA) is 43.4 Å². The molecule has 112 valence electrons. The normalized spacial score (nSPS) is 26.5. The van der Waals surface area contributed by atoms with E-state index in [1.807, 2.05) is 18.2 Å². The quantitative estimate of drug-likeness (QED) is 0.597. The molecule has 2 rings (SSSR count). The molecule has 0 aliphatic heterocycles. The molecule has 5 heteroatoms. The van der Waals surface area contributed by atoms with Gasteiger partial charge < -0.3 is 0 Å². The molecule has 3 nitrogen and oxygen atoms in total. The molecule has 1 aliphatic rings. The van der Waals surface area contributed by atoms with Crippen LogP contribution in [-0.4, -0.2) is 28.3 Å². The molecular weight excluding hydrogens is 288 g/mol. The minimum Gasteiger partial charge on any atom is -0.264 e. The molecule has 0 radical (unpaired) electrons. The molecule has 0 amide bonds. The smallest absolute Gasteiger partial charge is 0.264 e. The van der Waals surface area contributed by atoms with Gasteiger partial charge in [0.25, 0.3) is 10.1 Å². The van der Waals surface area contributed by atoms with Gasteiger partial charge in [0.05, 0.1) is 19.9 Å². The average Bonchev–Trinajstić information content (AvgIpc) is 3.00. The predicted molar refractivity (Wildman–Crippen MR) is 85.1 cm³/mol. The summed E-state index contributed by atoms with van der Waals surface area (Å²) in [7, 11) is -4.78. The summed E-state index contributed by atoms with van der Waals surface area (Å²) in [6.07, 6.45) is 3.72. The van der Waals surface area contributed by atoms with E-state index in [0.29, 0.717) is 5.54 Å². The van der Waals surface area contributed by atoms with Gasteiger partial charge in [-0.05, 0) is 30.4 Å². The molecule has 0 heterocycles. The van der Waals surface area contributed by atoms with Crippen LogP contribution in [0, 0.1) is 0 Å². The largest absolute Gasteiger partial charge is 0.264 e. The van der Waals surface area contributed by atoms with E-state index in [-0.39, 0.29) is 0 Å². The van der Waals surface area contributed by atoms with Crippen molar-refractivity contribution in [3.63, 3.8) is 0 Å². The summed E-state index contributed by atoms with van der Waals surface area (Å²) in [4.78, 5) is 0. The molecule has 20 heavy (non-hydrogen) atoms. The highest BCUT2D eigenvalue weighted by Gasteiger charge is 2.62. The Morgan fingerprint density at radius 1 is 1.25 bits per heavy atom. The van der Waals surface area contributed by atoms with E-state index in [2.05, 4.69) is 31.8 Å². The zero-order chi connectivity index (χ0) is 15.0. The zero-order valence-electron chi connectivity index (χ0n) is 12.7. The van der Waals surface area contributed by atoms with E-state index in [0.717, 1.165) is 25.5 Å². The summed E-state index contributed by atoms with van der Waals surface area (Å²) in [5.41, 5.74) is 1.24. The highest BCUT2D eigenvalue weighted by Crippen LogP contribution is 2.60. The van der Waals surface area contributed by atoms with Crippen molar-refractivity contribution < 1.29 is 12.6 Å². The lowest BCUT2D eigenvalue weighted by Gasteiger charge is -2.23. The van der Waals surface area contributed by atoms with E-state index >= 15 is 0 Å². The van der Waals surface area contributed by atoms with E-state index < -0.39 is 23.8 Å². The standard InChI is InChI=1S/C15H24O3SSi/c1-19(16,17)18-15(12-14(15)20(2,3)4)11-10-13-8-6-5-7-9-13/h5-9,14H,10-12H2,1-4H3. The fourth-order valence-corrected chi connectivity index (χ4v) is 6.79. The minimum absolute atomic E-state index is 0.437. The zero-order valence-corrected chi connectivity index (χ0v) is 14.5. The van der Waals surface area contributed by atoms with Gasteiger partial charge in [-0.15, -0.1) is 0 Å². The lowest BCUT2D eigenvalue weighted by Crippen LogP contribution is -2.30. The van der Waals surface area contributed by atoms with Crippen molar-refractivity contribution in [2.24, 2.45) is 0 Å². The summed E-state index contributed by atoms with van der Waals surface area (Å²) in [6, 6.07) is 10.2. The Labute approximate surface area is 123 Å². The fourth-order valence-electron chi connectivity index (χ4n) is 3.09. The molecular formula is C15H24O3SSi. The van der Waals surface area contributed by atoms with Crippen molar-refractivity contribution in [3.8, 4) is 0 Å². The summed E-state index contributed by atoms with van der Waals surface area (Å²) >= 11 is 0. The number of rotatable bonds is 6. The van der Waals surface area contributed by atoms with Crippen LogP contribution in [0.25, 0.3) is 0 Å². The third-order valence-corrected chi connectivity index (χ3v) is 7.52. The van der Waals surface area contributed by atoms with Gasteiger partial charge in [0.2, 0.25) is 0 Å². The van der Waals surface area contributed by atoms with Crippen molar-refractivity contribution in [1.82, 2.24) is 0 Å². The van der Waals surface area contributed by atoms with Crippen LogP contribution in [0.4, 0.5) is 0 Å². The van der Waals surface area contributed by atoms with Crippen LogP contribution in [0.1, 0.15) is 18.4 Å². The summed E-state index contributed by atoms with van der Waals surface area (Å²) < 4.78 is 28.6. The summed E-state index contributed by atoms with van der Waals surface area (Å²) in [6.45, 7) is 6.86. The van der Waals surface area contributed by atoms with Gasteiger partial charge in [0, 0.05) is 0 Å². The highest BCUT2D eigenvalue weighted by atomic mass is 32.2. The van der Waals surface area contributed by atoms with Gasteiger partial charge >= 0.3 is 0 Å². The third kappa shape index (κ3) is 3.93. The molecule has 0 saturated heterocycles. The van der Waals surface area contributed by atoms with Crippen molar-refractivity contribution in [3.05, 3.63) is 35.9 Å². The SMILES string of the molecule is C[Si](C)(C)C1CC1(CCc1ccccc1)OS(C)(=O)=O. The van der Waals surface area contributed by atoms with Gasteiger partial charge in [-0.3, -0.25) is 4.18 Å². The van der Waals surface area contributed by atoms with Crippen LogP contribution in [0.3, 0.4) is 0 Å². The first kappa shape index (κ1) is 15.7. The molecule has 1 aliphatic carbocycles. The van der Waals surface area contributed by atoms with Crippen LogP contribution < -0.4 is 0 Å². The van der Waals surface area contributed by atoms with Gasteiger partial charge in [-0.2, -0.15) is 8.42 Å². The molecule has 0 bridgehead atoms. The van der Waals surface area contributed by atoms with Gasteiger partial charge in [0.1, 0.15) is 0 Å². The Bertz CT molecular complexity index is 563. The Hall–Kier alpha value is -0.653. The molecule has 1 aromatic carbocycles. The summed E-state index contributed by atoms with van der Waals surface area (Å²) in [5.74, 6) is 0. The fraction of sp³-hybridized carbons (Fsp3) is 0.600. The first-order valence-electron chi connectivity index (χ1n) is 7.07. The van der Waals surface area contributed by atoms with Crippen molar-refractivity contribution >= 4 is 18.2 Å². The Morgan fingerprint density at radius 3 is 2.30 bits per heavy atom.